The molecule has 1 N–H and O–H groups in total. The van der Waals surface area contributed by atoms with Gasteiger partial charge in [0.25, 0.3) is 11.8 Å². The summed E-state index contributed by atoms with van der Waals surface area (Å²) in [5, 5.41) is 3.06. The lowest BCUT2D eigenvalue weighted by molar-refractivity contribution is 0.0678. The second-order valence-corrected chi connectivity index (χ2v) is 8.27. The monoisotopic (exact) mass is 431 g/mol. The van der Waals surface area contributed by atoms with Crippen LogP contribution in [0.4, 0.5) is 0 Å². The first-order valence-corrected chi connectivity index (χ1v) is 11.2. The third kappa shape index (κ3) is 5.25. The molecule has 0 atom stereocenters. The molecular formula is C26H29N3O3. The molecule has 1 aromatic carbocycles. The molecule has 3 heterocycles. The molecule has 32 heavy (non-hydrogen) atoms. The van der Waals surface area contributed by atoms with Crippen molar-refractivity contribution in [3.63, 3.8) is 0 Å². The molecule has 2 aromatic heterocycles. The van der Waals surface area contributed by atoms with Crippen molar-refractivity contribution in [3.8, 4) is 0 Å². The minimum Gasteiger partial charge on any atom is -0.459 e. The maximum Gasteiger partial charge on any atom is 0.289 e. The lowest BCUT2D eigenvalue weighted by Gasteiger charge is -2.32. The predicted molar refractivity (Wildman–Crippen MR) is 123 cm³/mol. The van der Waals surface area contributed by atoms with Crippen molar-refractivity contribution in [2.24, 2.45) is 0 Å². The Morgan fingerprint density at radius 3 is 2.56 bits per heavy atom. The Kier molecular flexibility index (Phi) is 7.00. The number of furan rings is 1. The van der Waals surface area contributed by atoms with Crippen LogP contribution in [0, 0.1) is 6.92 Å². The Morgan fingerprint density at radius 2 is 1.84 bits per heavy atom. The Hall–Kier alpha value is -3.41. The van der Waals surface area contributed by atoms with Crippen molar-refractivity contribution < 1.29 is 14.0 Å². The number of nitrogens with zero attached hydrogens (tertiary/aromatic N) is 2. The number of likely N-dealkylation sites (tertiary alicyclic amines) is 1. The van der Waals surface area contributed by atoms with Crippen molar-refractivity contribution in [2.45, 2.75) is 38.5 Å². The van der Waals surface area contributed by atoms with Gasteiger partial charge in [-0.05, 0) is 62.4 Å². The molecule has 1 saturated heterocycles. The third-order valence-electron chi connectivity index (χ3n) is 5.98. The topological polar surface area (TPSA) is 75.4 Å². The van der Waals surface area contributed by atoms with Gasteiger partial charge < -0.3 is 14.6 Å². The first-order valence-electron chi connectivity index (χ1n) is 11.2. The Morgan fingerprint density at radius 1 is 1.06 bits per heavy atom. The minimum atomic E-state index is -0.0814. The first-order chi connectivity index (χ1) is 15.6. The van der Waals surface area contributed by atoms with Gasteiger partial charge in [0.05, 0.1) is 17.5 Å². The molecule has 4 rings (SSSR count). The van der Waals surface area contributed by atoms with Crippen LogP contribution in [0.15, 0.2) is 65.3 Å². The average molecular weight is 432 g/mol. The number of nitrogens with one attached hydrogen (secondary N) is 1. The summed E-state index contributed by atoms with van der Waals surface area (Å²) in [4.78, 5) is 32.0. The second-order valence-electron chi connectivity index (χ2n) is 8.27. The van der Waals surface area contributed by atoms with E-state index in [2.05, 4.69) is 17.4 Å². The molecule has 2 amide bonds. The fourth-order valence-corrected chi connectivity index (χ4v) is 4.23. The molecule has 1 aliphatic rings. The number of hydrogen-bond acceptors (Lipinski definition) is 4. The van der Waals surface area contributed by atoms with E-state index in [-0.39, 0.29) is 17.7 Å². The Labute approximate surface area is 188 Å². The minimum absolute atomic E-state index is 0.0744. The highest BCUT2D eigenvalue weighted by Gasteiger charge is 2.29. The van der Waals surface area contributed by atoms with Crippen molar-refractivity contribution in [3.05, 3.63) is 89.1 Å². The molecule has 0 aliphatic carbocycles. The van der Waals surface area contributed by atoms with Crippen molar-refractivity contribution in [2.75, 3.05) is 19.6 Å². The highest BCUT2D eigenvalue weighted by molar-refractivity contribution is 5.95. The van der Waals surface area contributed by atoms with Crippen molar-refractivity contribution in [1.82, 2.24) is 15.2 Å². The molecule has 0 bridgehead atoms. The van der Waals surface area contributed by atoms with Crippen LogP contribution in [0.1, 0.15) is 63.0 Å². The number of carbonyl (C=O) groups is 2. The number of aryl methyl sites for hydroxylation is 2. The zero-order valence-electron chi connectivity index (χ0n) is 18.4. The number of amides is 2. The average Bonchev–Trinajstić information content (AvgIpc) is 3.37. The molecule has 1 fully saturated rings. The van der Waals surface area contributed by atoms with Crippen LogP contribution in [-0.4, -0.2) is 41.3 Å². The number of aromatic nitrogens is 1. The van der Waals surface area contributed by atoms with Gasteiger partial charge in [0.1, 0.15) is 0 Å². The lowest BCUT2D eigenvalue weighted by Crippen LogP contribution is -2.38. The number of pyridine rings is 1. The van der Waals surface area contributed by atoms with Gasteiger partial charge in [-0.15, -0.1) is 0 Å². The van der Waals surface area contributed by atoms with Crippen LogP contribution in [-0.2, 0) is 6.42 Å². The van der Waals surface area contributed by atoms with E-state index >= 15 is 0 Å². The lowest BCUT2D eigenvalue weighted by atomic mass is 9.89. The fourth-order valence-electron chi connectivity index (χ4n) is 4.23. The van der Waals surface area contributed by atoms with Crippen LogP contribution in [0.3, 0.4) is 0 Å². The van der Waals surface area contributed by atoms with Gasteiger partial charge in [-0.3, -0.25) is 14.6 Å². The van der Waals surface area contributed by atoms with Gasteiger partial charge in [-0.1, -0.05) is 30.3 Å². The van der Waals surface area contributed by atoms with E-state index in [1.807, 2.05) is 42.2 Å². The Balaban J connectivity index is 1.35. The first kappa shape index (κ1) is 21.8. The number of hydrogen-bond donors (Lipinski definition) is 1. The summed E-state index contributed by atoms with van der Waals surface area (Å²) in [6.45, 7) is 3.81. The third-order valence-corrected chi connectivity index (χ3v) is 5.98. The van der Waals surface area contributed by atoms with Crippen LogP contribution < -0.4 is 5.32 Å². The number of carbonyl (C=O) groups excluding carboxylic acids is 2. The molecule has 0 radical (unpaired) electrons. The molecule has 0 unspecified atom stereocenters. The molecule has 1 aliphatic heterocycles. The second kappa shape index (κ2) is 10.3. The van der Waals surface area contributed by atoms with E-state index in [0.717, 1.165) is 37.1 Å². The molecule has 3 aromatic rings. The smallest absolute Gasteiger partial charge is 0.289 e. The number of rotatable bonds is 7. The van der Waals surface area contributed by atoms with E-state index in [9.17, 15) is 9.59 Å². The maximum atomic E-state index is 12.9. The zero-order chi connectivity index (χ0) is 22.3. The van der Waals surface area contributed by atoms with Gasteiger partial charge >= 0.3 is 0 Å². The van der Waals surface area contributed by atoms with Gasteiger partial charge in [-0.2, -0.15) is 0 Å². The molecule has 166 valence electrons. The number of piperidine rings is 1. The van der Waals surface area contributed by atoms with Gasteiger partial charge in [-0.25, -0.2) is 0 Å². The molecule has 6 nitrogen and oxygen atoms in total. The van der Waals surface area contributed by atoms with E-state index in [0.29, 0.717) is 31.0 Å². The van der Waals surface area contributed by atoms with Crippen LogP contribution in [0.25, 0.3) is 0 Å². The van der Waals surface area contributed by atoms with E-state index in [4.69, 9.17) is 9.40 Å². The van der Waals surface area contributed by atoms with Crippen molar-refractivity contribution in [1.29, 1.82) is 0 Å². The summed E-state index contributed by atoms with van der Waals surface area (Å²) in [5.74, 6) is 0.366. The van der Waals surface area contributed by atoms with Crippen molar-refractivity contribution >= 4 is 11.8 Å². The molecular weight excluding hydrogens is 402 g/mol. The maximum absolute atomic E-state index is 12.9. The molecule has 6 heteroatoms. The van der Waals surface area contributed by atoms with E-state index in [1.54, 1.807) is 12.1 Å². The summed E-state index contributed by atoms with van der Waals surface area (Å²) in [5.41, 5.74) is 3.66. The molecule has 0 spiro atoms. The van der Waals surface area contributed by atoms with Gasteiger partial charge in [0.15, 0.2) is 5.76 Å². The SMILES string of the molecule is Cc1ccc(C(=O)NCCCc2ccccc2)c(C2CCN(C(=O)c3ccco3)CC2)n1. The van der Waals surface area contributed by atoms with E-state index < -0.39 is 0 Å². The summed E-state index contributed by atoms with van der Waals surface area (Å²) in [6, 6.07) is 17.5. The van der Waals surface area contributed by atoms with Gasteiger partial charge in [0, 0.05) is 31.2 Å². The quantitative estimate of drug-likeness (QED) is 0.564. The summed E-state index contributed by atoms with van der Waals surface area (Å²) in [6.07, 6.45) is 4.88. The molecule has 0 saturated carbocycles. The summed E-state index contributed by atoms with van der Waals surface area (Å²) in [7, 11) is 0. The largest absolute Gasteiger partial charge is 0.459 e. The summed E-state index contributed by atoms with van der Waals surface area (Å²) < 4.78 is 5.24. The van der Waals surface area contributed by atoms with Crippen LogP contribution >= 0.6 is 0 Å². The standard InChI is InChI=1S/C26H29N3O3/c1-19-11-12-22(25(30)27-15-5-9-20-7-3-2-4-8-20)24(28-19)21-13-16-29(17-14-21)26(31)23-10-6-18-32-23/h2-4,6-8,10-12,18,21H,5,9,13-17H2,1H3,(H,27,30). The highest BCUT2D eigenvalue weighted by atomic mass is 16.3. The predicted octanol–water partition coefficient (Wildman–Crippen LogP) is 4.37. The van der Waals surface area contributed by atoms with Crippen LogP contribution in [0.2, 0.25) is 0 Å². The van der Waals surface area contributed by atoms with Gasteiger partial charge in [0.2, 0.25) is 0 Å². The number of benzene rings is 1. The fraction of sp³-hybridized carbons (Fsp3) is 0.346. The highest BCUT2D eigenvalue weighted by Crippen LogP contribution is 2.30. The Bertz CT molecular complexity index is 1040. The zero-order valence-corrected chi connectivity index (χ0v) is 18.4. The van der Waals surface area contributed by atoms with Crippen LogP contribution in [0.5, 0.6) is 0 Å². The van der Waals surface area contributed by atoms with E-state index in [1.165, 1.54) is 11.8 Å². The summed E-state index contributed by atoms with van der Waals surface area (Å²) >= 11 is 0. The normalized spacial score (nSPS) is 14.3.